The van der Waals surface area contributed by atoms with E-state index in [9.17, 15) is 22.8 Å². The lowest BCUT2D eigenvalue weighted by Gasteiger charge is -2.11. The average molecular weight is 501 g/mol. The number of amides is 1. The van der Waals surface area contributed by atoms with E-state index in [1.54, 1.807) is 18.2 Å². The minimum absolute atomic E-state index is 0.0321. The molecule has 1 heterocycles. The SMILES string of the molecule is O=C(CSc1ncccc1C(=O)Oc1ccccc1Cl)Nc1ccc(C(F)(F)F)cc1Cl. The summed E-state index contributed by atoms with van der Waals surface area (Å²) >= 11 is 12.8. The first-order valence-electron chi connectivity index (χ1n) is 8.86. The quantitative estimate of drug-likeness (QED) is 0.242. The maximum Gasteiger partial charge on any atom is 0.416 e. The number of rotatable bonds is 6. The van der Waals surface area contributed by atoms with Crippen LogP contribution in [0.1, 0.15) is 15.9 Å². The number of hydrogen-bond donors (Lipinski definition) is 1. The summed E-state index contributed by atoms with van der Waals surface area (Å²) in [6.45, 7) is 0. The molecule has 1 N–H and O–H groups in total. The molecule has 0 saturated heterocycles. The zero-order valence-electron chi connectivity index (χ0n) is 16.0. The molecule has 166 valence electrons. The Balaban J connectivity index is 1.66. The third-order valence-corrected chi connectivity index (χ3v) is 5.57. The number of nitrogens with zero attached hydrogens (tertiary/aromatic N) is 1. The van der Waals surface area contributed by atoms with Crippen LogP contribution in [0, 0.1) is 0 Å². The summed E-state index contributed by atoms with van der Waals surface area (Å²) in [7, 11) is 0. The fraction of sp³-hybridized carbons (Fsp3) is 0.0952. The van der Waals surface area contributed by atoms with Crippen LogP contribution in [0.2, 0.25) is 10.0 Å². The first-order chi connectivity index (χ1) is 15.1. The fourth-order valence-corrected chi connectivity index (χ4v) is 3.64. The molecule has 0 spiro atoms. The third kappa shape index (κ3) is 6.15. The molecule has 0 unspecified atom stereocenters. The molecule has 2 aromatic carbocycles. The number of benzene rings is 2. The summed E-state index contributed by atoms with van der Waals surface area (Å²) in [6.07, 6.45) is -3.10. The van der Waals surface area contributed by atoms with Crippen molar-refractivity contribution in [3.63, 3.8) is 0 Å². The van der Waals surface area contributed by atoms with Crippen LogP contribution in [-0.2, 0) is 11.0 Å². The number of anilines is 1. The number of carbonyl (C=O) groups excluding carboxylic acids is 2. The van der Waals surface area contributed by atoms with E-state index < -0.39 is 23.6 Å². The summed E-state index contributed by atoms with van der Waals surface area (Å²) in [5.74, 6) is -1.26. The topological polar surface area (TPSA) is 68.3 Å². The van der Waals surface area contributed by atoms with E-state index in [-0.39, 0.29) is 37.8 Å². The number of ether oxygens (including phenoxy) is 1. The fourth-order valence-electron chi connectivity index (χ4n) is 2.46. The van der Waals surface area contributed by atoms with Gasteiger partial charge < -0.3 is 10.1 Å². The van der Waals surface area contributed by atoms with Gasteiger partial charge in [0.15, 0.2) is 0 Å². The molecule has 5 nitrogen and oxygen atoms in total. The molecule has 3 aromatic rings. The summed E-state index contributed by atoms with van der Waals surface area (Å²) < 4.78 is 43.5. The van der Waals surface area contributed by atoms with E-state index in [4.69, 9.17) is 27.9 Å². The zero-order valence-corrected chi connectivity index (χ0v) is 18.3. The van der Waals surface area contributed by atoms with Crippen LogP contribution in [0.25, 0.3) is 0 Å². The predicted octanol–water partition coefficient (Wildman–Crippen LogP) is 6.36. The Labute approximate surface area is 194 Å². The lowest BCUT2D eigenvalue weighted by Crippen LogP contribution is -2.16. The van der Waals surface area contributed by atoms with E-state index in [2.05, 4.69) is 10.3 Å². The standard InChI is InChI=1S/C21H13Cl2F3N2O3S/c22-14-5-1-2-6-17(14)31-20(30)13-4-3-9-27-19(13)32-11-18(29)28-16-8-7-12(10-15(16)23)21(24,25)26/h1-10H,11H2,(H,28,29). The average Bonchev–Trinajstić information content (AvgIpc) is 2.74. The molecule has 1 aromatic heterocycles. The van der Waals surface area contributed by atoms with Crippen molar-refractivity contribution in [3.8, 4) is 5.75 Å². The second-order valence-corrected chi connectivity index (χ2v) is 7.98. The molecule has 0 aliphatic carbocycles. The molecule has 11 heteroatoms. The number of alkyl halides is 3. The molecule has 32 heavy (non-hydrogen) atoms. The maximum atomic E-state index is 12.7. The van der Waals surface area contributed by atoms with E-state index in [0.29, 0.717) is 0 Å². The second kappa shape index (κ2) is 10.2. The Morgan fingerprint density at radius 2 is 1.78 bits per heavy atom. The number of thioether (sulfide) groups is 1. The highest BCUT2D eigenvalue weighted by molar-refractivity contribution is 8.00. The largest absolute Gasteiger partial charge is 0.421 e. The van der Waals surface area contributed by atoms with Gasteiger partial charge in [0, 0.05) is 6.20 Å². The van der Waals surface area contributed by atoms with Crippen LogP contribution in [0.4, 0.5) is 18.9 Å². The summed E-state index contributed by atoms with van der Waals surface area (Å²) in [4.78, 5) is 28.9. The number of carbonyl (C=O) groups is 2. The number of halogens is 5. The van der Waals surface area contributed by atoms with Crippen molar-refractivity contribution < 1.29 is 27.5 Å². The molecule has 0 aliphatic rings. The van der Waals surface area contributed by atoms with E-state index in [1.807, 2.05) is 0 Å². The van der Waals surface area contributed by atoms with Gasteiger partial charge in [-0.05, 0) is 42.5 Å². The third-order valence-electron chi connectivity index (χ3n) is 3.94. The van der Waals surface area contributed by atoms with Gasteiger partial charge in [0.2, 0.25) is 5.91 Å². The van der Waals surface area contributed by atoms with Crippen molar-refractivity contribution in [2.75, 3.05) is 11.1 Å². The highest BCUT2D eigenvalue weighted by atomic mass is 35.5. The highest BCUT2D eigenvalue weighted by Crippen LogP contribution is 2.34. The van der Waals surface area contributed by atoms with Gasteiger partial charge in [-0.1, -0.05) is 47.1 Å². The van der Waals surface area contributed by atoms with Crippen molar-refractivity contribution in [1.82, 2.24) is 4.98 Å². The maximum absolute atomic E-state index is 12.7. The van der Waals surface area contributed by atoms with Crippen LogP contribution in [-0.4, -0.2) is 22.6 Å². The molecule has 3 rings (SSSR count). The Bertz CT molecular complexity index is 1160. The first-order valence-corrected chi connectivity index (χ1v) is 10.6. The lowest BCUT2D eigenvalue weighted by molar-refractivity contribution is -0.137. The van der Waals surface area contributed by atoms with E-state index >= 15 is 0 Å². The summed E-state index contributed by atoms with van der Waals surface area (Å²) in [5, 5.41) is 2.68. The molecule has 0 atom stereocenters. The second-order valence-electron chi connectivity index (χ2n) is 6.21. The van der Waals surface area contributed by atoms with Gasteiger partial charge in [0.05, 0.1) is 32.6 Å². The first kappa shape index (κ1) is 23.9. The number of nitrogens with one attached hydrogen (secondary N) is 1. The minimum atomic E-state index is -4.55. The monoisotopic (exact) mass is 500 g/mol. The summed E-state index contributed by atoms with van der Waals surface area (Å²) in [5.41, 5.74) is -0.771. The van der Waals surface area contributed by atoms with Gasteiger partial charge in [0.1, 0.15) is 10.8 Å². The molecule has 0 bridgehead atoms. The number of para-hydroxylation sites is 1. The van der Waals surface area contributed by atoms with E-state index in [0.717, 1.165) is 30.0 Å². The van der Waals surface area contributed by atoms with Crippen molar-refractivity contribution in [1.29, 1.82) is 0 Å². The Hall–Kier alpha value is -2.75. The Kier molecular flexibility index (Phi) is 7.65. The number of aromatic nitrogens is 1. The zero-order chi connectivity index (χ0) is 23.3. The molecule has 0 fully saturated rings. The molecule has 0 radical (unpaired) electrons. The van der Waals surface area contributed by atoms with Gasteiger partial charge in [-0.15, -0.1) is 0 Å². The molecule has 0 aliphatic heterocycles. The van der Waals surface area contributed by atoms with Crippen molar-refractivity contribution in [2.45, 2.75) is 11.2 Å². The van der Waals surface area contributed by atoms with Crippen LogP contribution in [0.15, 0.2) is 65.8 Å². The molecule has 1 amide bonds. The van der Waals surface area contributed by atoms with Gasteiger partial charge >= 0.3 is 12.1 Å². The molecular formula is C21H13Cl2F3N2O3S. The molecule has 0 saturated carbocycles. The van der Waals surface area contributed by atoms with Crippen LogP contribution in [0.3, 0.4) is 0 Å². The van der Waals surface area contributed by atoms with Gasteiger partial charge in [-0.25, -0.2) is 9.78 Å². The summed E-state index contributed by atoms with van der Waals surface area (Å²) in [6, 6.07) is 12.1. The Morgan fingerprint density at radius 3 is 2.47 bits per heavy atom. The van der Waals surface area contributed by atoms with Gasteiger partial charge in [-0.2, -0.15) is 13.2 Å². The minimum Gasteiger partial charge on any atom is -0.421 e. The van der Waals surface area contributed by atoms with Gasteiger partial charge in [-0.3, -0.25) is 4.79 Å². The number of hydrogen-bond acceptors (Lipinski definition) is 5. The predicted molar refractivity (Wildman–Crippen MR) is 116 cm³/mol. The number of esters is 1. The highest BCUT2D eigenvalue weighted by Gasteiger charge is 2.31. The van der Waals surface area contributed by atoms with Crippen LogP contribution in [0.5, 0.6) is 5.75 Å². The molecular weight excluding hydrogens is 488 g/mol. The van der Waals surface area contributed by atoms with Gasteiger partial charge in [0.25, 0.3) is 0 Å². The van der Waals surface area contributed by atoms with Crippen molar-refractivity contribution in [2.24, 2.45) is 0 Å². The smallest absolute Gasteiger partial charge is 0.416 e. The number of pyridine rings is 1. The van der Waals surface area contributed by atoms with Crippen molar-refractivity contribution in [3.05, 3.63) is 82.0 Å². The van der Waals surface area contributed by atoms with Crippen LogP contribution >= 0.6 is 35.0 Å². The lowest BCUT2D eigenvalue weighted by atomic mass is 10.2. The van der Waals surface area contributed by atoms with Crippen LogP contribution < -0.4 is 10.1 Å². The normalized spacial score (nSPS) is 11.2. The Morgan fingerprint density at radius 1 is 1.03 bits per heavy atom. The van der Waals surface area contributed by atoms with E-state index in [1.165, 1.54) is 24.4 Å². The van der Waals surface area contributed by atoms with Crippen molar-refractivity contribution >= 4 is 52.5 Å².